The first-order chi connectivity index (χ1) is 37.6. The van der Waals surface area contributed by atoms with Crippen LogP contribution in [-0.4, -0.2) is 206 Å². The predicted molar refractivity (Wildman–Crippen MR) is 295 cm³/mol. The summed E-state index contributed by atoms with van der Waals surface area (Å²) in [6, 6.07) is 5.18. The van der Waals surface area contributed by atoms with E-state index in [1.54, 1.807) is 52.3 Å². The van der Waals surface area contributed by atoms with Gasteiger partial charge in [-0.3, -0.25) is 23.9 Å². The van der Waals surface area contributed by atoms with Crippen molar-refractivity contribution in [2.45, 2.75) is 198 Å². The summed E-state index contributed by atoms with van der Waals surface area (Å²) in [6.45, 7) is 19.9. The largest absolute Gasteiger partial charge is 0.477 e. The molecule has 1 aromatic heterocycles. The van der Waals surface area contributed by atoms with E-state index in [4.69, 9.17) is 42.6 Å². The molecule has 4 aliphatic heterocycles. The summed E-state index contributed by atoms with van der Waals surface area (Å²) in [7, 11) is 6.72. The van der Waals surface area contributed by atoms with Gasteiger partial charge < -0.3 is 78.3 Å². The normalized spacial score (nSPS) is 37.1. The molecule has 22 nitrogen and oxygen atoms in total. The molecule has 5 heterocycles. The van der Waals surface area contributed by atoms with Crippen LogP contribution in [-0.2, 0) is 63.4 Å². The molecule has 0 aliphatic carbocycles. The van der Waals surface area contributed by atoms with Gasteiger partial charge in [-0.05, 0) is 112 Å². The predicted octanol–water partition coefficient (Wildman–Crippen LogP) is 3.58. The molecule has 1 aromatic carbocycles. The van der Waals surface area contributed by atoms with E-state index in [1.807, 2.05) is 50.0 Å². The molecule has 0 saturated carbocycles. The second-order valence-electron chi connectivity index (χ2n) is 23.6. The van der Waals surface area contributed by atoms with E-state index in [2.05, 4.69) is 5.32 Å². The SMILES string of the molecule is CC[C@H]1OC(=O)[C@H](C)[C@@H](O[C@H]2C[C@@](C)(OC)[C@@H](OC(=O)CCNCCCc3ccc4c(c3)c(=O)c(C(=O)O)cn4N3CCOCC3)[C@H](C)O2)[C@H](C)[C@@H](O[C@@H]2O[C@H](C)C[C@H](N(C)C)[C@H]2O)[C@](C)(OC)C[C@@H](C)C(=O)[C@H](C)[C@@H](O)[C@]1(C)O. The number of morpholine rings is 1. The van der Waals surface area contributed by atoms with Gasteiger partial charge in [-0.1, -0.05) is 33.8 Å². The highest BCUT2D eigenvalue weighted by atomic mass is 16.7. The number of benzene rings is 1. The number of aromatic nitrogens is 1. The monoisotopic (exact) mass is 1130 g/mol. The highest BCUT2D eigenvalue weighted by molar-refractivity contribution is 5.93. The number of pyridine rings is 1. The van der Waals surface area contributed by atoms with E-state index in [9.17, 15) is 44.4 Å². The molecular weight excluding hydrogens is 1040 g/mol. The van der Waals surface area contributed by atoms with Crippen LogP contribution in [0.5, 0.6) is 0 Å². The van der Waals surface area contributed by atoms with Crippen molar-refractivity contribution in [2.24, 2.45) is 23.7 Å². The van der Waals surface area contributed by atoms with Gasteiger partial charge >= 0.3 is 17.9 Å². The van der Waals surface area contributed by atoms with Crippen LogP contribution in [0.15, 0.2) is 29.2 Å². The number of aryl methyl sites for hydroxylation is 1. The fourth-order valence-corrected chi connectivity index (χ4v) is 12.4. The highest BCUT2D eigenvalue weighted by Gasteiger charge is 2.55. The molecular formula is C58H92N4O18. The average molecular weight is 1130 g/mol. The smallest absolute Gasteiger partial charge is 0.341 e. The van der Waals surface area contributed by atoms with Crippen LogP contribution in [0.1, 0.15) is 124 Å². The number of hydrogen-bond donors (Lipinski definition) is 5. The number of nitrogens with one attached hydrogen (secondary N) is 1. The van der Waals surface area contributed by atoms with Crippen LogP contribution < -0.4 is 15.8 Å². The van der Waals surface area contributed by atoms with Crippen LogP contribution in [0.25, 0.3) is 10.9 Å². The number of likely N-dealkylation sites (N-methyl/N-ethyl adjacent to an activating group) is 1. The molecule has 5 N–H and O–H groups in total. The van der Waals surface area contributed by atoms with Gasteiger partial charge in [-0.15, -0.1) is 0 Å². The number of ether oxygens (including phenoxy) is 9. The number of hydrogen-bond acceptors (Lipinski definition) is 20. The molecule has 0 unspecified atom stereocenters. The summed E-state index contributed by atoms with van der Waals surface area (Å²) in [4.78, 5) is 69.7. The fraction of sp³-hybridized carbons (Fsp3) is 0.776. The number of methoxy groups -OCH3 is 2. The Hall–Kier alpha value is -4.17. The quantitative estimate of drug-likeness (QED) is 0.105. The Bertz CT molecular complexity index is 2490. The zero-order valence-electron chi connectivity index (χ0n) is 49.5. The maximum Gasteiger partial charge on any atom is 0.341 e. The molecule has 2 aromatic rings. The van der Waals surface area contributed by atoms with Crippen molar-refractivity contribution in [3.05, 3.63) is 45.7 Å². The number of carboxylic acids is 1. The number of ketones is 1. The Morgan fingerprint density at radius 1 is 0.887 bits per heavy atom. The number of carboxylic acid groups (broad SMARTS) is 1. The Kier molecular flexibility index (Phi) is 22.3. The third-order valence-corrected chi connectivity index (χ3v) is 17.4. The van der Waals surface area contributed by atoms with Gasteiger partial charge in [0.25, 0.3) is 0 Å². The summed E-state index contributed by atoms with van der Waals surface area (Å²) in [5.41, 5.74) is -3.90. The van der Waals surface area contributed by atoms with E-state index >= 15 is 0 Å². The number of aliphatic hydroxyl groups is 3. The van der Waals surface area contributed by atoms with E-state index in [0.717, 1.165) is 5.56 Å². The number of cyclic esters (lactones) is 1. The Morgan fingerprint density at radius 3 is 2.17 bits per heavy atom. The second-order valence-corrected chi connectivity index (χ2v) is 23.6. The number of aliphatic hydroxyl groups excluding tert-OH is 2. The lowest BCUT2D eigenvalue weighted by Gasteiger charge is -2.50. The Morgan fingerprint density at radius 2 is 1.55 bits per heavy atom. The van der Waals surface area contributed by atoms with E-state index in [1.165, 1.54) is 34.3 Å². The standard InChI is InChI=1S/C58H92N4O18/c1-15-43-58(10,71)50(67)34(4)46(64)32(2)29-56(8,72-13)51(80-55-48(66)42(60(11)12)27-33(3)75-55)35(5)49(36(6)54(70)77-43)79-45-30-57(9,73-14)52(37(7)76-45)78-44(63)20-22-59-21-16-17-38-18-19-41-39(28-38)47(65)40(53(68)69)31-62(41)61-23-25-74-26-24-61/h18-19,28,31-37,42-43,45,48-52,55,59,66-67,71H,15-17,20-27,29-30H2,1-14H3,(H,68,69)/t32-,33-,34+,35+,36-,37+,42+,43-,45+,48-,49+,50-,51-,52+,55+,56-,57-,58-/m1/s1. The van der Waals surface area contributed by atoms with Crippen molar-refractivity contribution in [3.63, 3.8) is 0 Å². The maximum absolute atomic E-state index is 14.6. The zero-order chi connectivity index (χ0) is 59.2. The molecule has 452 valence electrons. The van der Waals surface area contributed by atoms with E-state index in [-0.39, 0.29) is 49.2 Å². The van der Waals surface area contributed by atoms with Crippen molar-refractivity contribution >= 4 is 34.6 Å². The van der Waals surface area contributed by atoms with Gasteiger partial charge in [0.05, 0.1) is 80.3 Å². The number of fused-ring (bicyclic) bond motifs is 1. The minimum Gasteiger partial charge on any atom is -0.477 e. The van der Waals surface area contributed by atoms with Crippen molar-refractivity contribution < 1.29 is 82.2 Å². The summed E-state index contributed by atoms with van der Waals surface area (Å²) >= 11 is 0. The lowest BCUT2D eigenvalue weighted by atomic mass is 9.74. The lowest BCUT2D eigenvalue weighted by Crippen LogP contribution is -2.61. The molecule has 80 heavy (non-hydrogen) atoms. The first-order valence-corrected chi connectivity index (χ1v) is 28.5. The molecule has 0 amide bonds. The molecule has 0 spiro atoms. The first-order valence-electron chi connectivity index (χ1n) is 28.5. The van der Waals surface area contributed by atoms with E-state index < -0.39 is 119 Å². The van der Waals surface area contributed by atoms with Crippen LogP contribution in [0, 0.1) is 23.7 Å². The molecule has 4 fully saturated rings. The van der Waals surface area contributed by atoms with Gasteiger partial charge in [0.15, 0.2) is 18.7 Å². The highest BCUT2D eigenvalue weighted by Crippen LogP contribution is 2.42. The van der Waals surface area contributed by atoms with Gasteiger partial charge in [-0.2, -0.15) is 0 Å². The van der Waals surface area contributed by atoms with Crippen LogP contribution >= 0.6 is 0 Å². The number of carbonyl (C=O) groups excluding carboxylic acids is 3. The second kappa shape index (κ2) is 27.5. The number of esters is 2. The summed E-state index contributed by atoms with van der Waals surface area (Å²) in [5, 5.41) is 50.7. The molecule has 0 bridgehead atoms. The van der Waals surface area contributed by atoms with E-state index in [0.29, 0.717) is 69.6 Å². The average Bonchev–Trinajstić information content (AvgIpc) is 3.43. The topological polar surface area (TPSA) is 273 Å². The number of nitrogens with zero attached hydrogens (tertiary/aromatic N) is 3. The number of Topliss-reactive ketones (excluding diaryl/α,β-unsaturated/α-hetero) is 1. The molecule has 6 rings (SSSR count). The maximum atomic E-state index is 14.6. The van der Waals surface area contributed by atoms with Gasteiger partial charge in [0.1, 0.15) is 34.8 Å². The molecule has 18 atom stereocenters. The lowest BCUT2D eigenvalue weighted by molar-refractivity contribution is -0.320. The molecule has 22 heteroatoms. The van der Waals surface area contributed by atoms with Crippen molar-refractivity contribution in [3.8, 4) is 0 Å². The van der Waals surface area contributed by atoms with Crippen molar-refractivity contribution in [2.75, 3.05) is 72.7 Å². The number of aromatic carboxylic acids is 1. The minimum atomic E-state index is -2.03. The number of carbonyl (C=O) groups is 4. The minimum absolute atomic E-state index is 0.0239. The summed E-state index contributed by atoms with van der Waals surface area (Å²) in [5.74, 6) is -6.64. The van der Waals surface area contributed by atoms with Gasteiger partial charge in [0, 0.05) is 62.6 Å². The molecule has 4 saturated heterocycles. The van der Waals surface area contributed by atoms with Crippen LogP contribution in [0.4, 0.5) is 0 Å². The Labute approximate surface area is 470 Å². The van der Waals surface area contributed by atoms with Crippen LogP contribution in [0.2, 0.25) is 0 Å². The number of rotatable bonds is 18. The Balaban J connectivity index is 1.17. The van der Waals surface area contributed by atoms with Gasteiger partial charge in [0.2, 0.25) is 5.43 Å². The van der Waals surface area contributed by atoms with Crippen LogP contribution in [0.3, 0.4) is 0 Å². The van der Waals surface area contributed by atoms with Crippen molar-refractivity contribution in [1.82, 2.24) is 14.9 Å². The molecule has 4 aliphatic rings. The third-order valence-electron chi connectivity index (χ3n) is 17.4. The fourth-order valence-electron chi connectivity index (χ4n) is 12.4. The summed E-state index contributed by atoms with van der Waals surface area (Å²) in [6.07, 6.45) is -7.00. The van der Waals surface area contributed by atoms with Crippen molar-refractivity contribution in [1.29, 1.82) is 0 Å². The molecule has 0 radical (unpaired) electrons. The first kappa shape index (κ1) is 65.0. The summed E-state index contributed by atoms with van der Waals surface area (Å²) < 4.78 is 58.6. The van der Waals surface area contributed by atoms with Gasteiger partial charge in [-0.25, -0.2) is 4.79 Å². The third kappa shape index (κ3) is 14.6. The zero-order valence-corrected chi connectivity index (χ0v) is 49.5.